The first-order valence-corrected chi connectivity index (χ1v) is 15.4. The average molecular weight is 662 g/mol. The van der Waals surface area contributed by atoms with Gasteiger partial charge in [0.15, 0.2) is 23.7 Å². The van der Waals surface area contributed by atoms with Crippen LogP contribution in [0.5, 0.6) is 11.5 Å². The summed E-state index contributed by atoms with van der Waals surface area (Å²) in [4.78, 5) is 62.4. The summed E-state index contributed by atoms with van der Waals surface area (Å²) >= 11 is 0. The number of nitrogens with one attached hydrogen (secondary N) is 1. The number of carbonyl (C=O) groups excluding carboxylic acids is 2. The zero-order valence-corrected chi connectivity index (χ0v) is 25.8. The topological polar surface area (TPSA) is 191 Å². The van der Waals surface area contributed by atoms with Crippen LogP contribution in [0.1, 0.15) is 38.5 Å². The van der Waals surface area contributed by atoms with Gasteiger partial charge in [-0.1, -0.05) is 47.2 Å². The van der Waals surface area contributed by atoms with E-state index in [2.05, 4.69) is 4.74 Å². The molecule has 0 bridgehead atoms. The Balaban J connectivity index is 1.26. The van der Waals surface area contributed by atoms with Gasteiger partial charge in [0.25, 0.3) is 5.56 Å². The van der Waals surface area contributed by atoms with Crippen LogP contribution in [-0.2, 0) is 30.4 Å². The number of para-hydroxylation sites is 2. The number of hydrogen-bond acceptors (Lipinski definition) is 12. The van der Waals surface area contributed by atoms with Gasteiger partial charge in [0.1, 0.15) is 25.4 Å². The van der Waals surface area contributed by atoms with Crippen LogP contribution in [-0.4, -0.2) is 63.7 Å². The van der Waals surface area contributed by atoms with Crippen molar-refractivity contribution in [3.8, 4) is 11.5 Å². The number of esters is 2. The minimum absolute atomic E-state index is 0.0224. The smallest absolute Gasteiger partial charge is 0.395 e. The first-order chi connectivity index (χ1) is 22.0. The van der Waals surface area contributed by atoms with E-state index in [4.69, 9.17) is 23.5 Å². The molecule has 0 radical (unpaired) electrons. The minimum atomic E-state index is -2.78. The molecule has 16 heteroatoms. The van der Waals surface area contributed by atoms with Crippen LogP contribution in [0.15, 0.2) is 81.2 Å². The predicted molar refractivity (Wildman–Crippen MR) is 159 cm³/mol. The van der Waals surface area contributed by atoms with Gasteiger partial charge in [0.2, 0.25) is 5.75 Å². The standard InChI is InChI=1S/C30H33FN3O11P/c1-19(27(38)41-16-8-13-25(36)43-17-20-9-4-3-5-10-20)33-46(40)45-22-12-7-6-11-21(22)42-18-23-26(37)30(2,31)28(44-23)34-15-14-24(35)32-29(34)39/h3-7,9-12,14-15,19,23,26,28,37H,8,13,16-18H2,1-2H3,(H,32,35,39)/t19-,23+,26+,28+,30+/m0/s1. The molecule has 1 fully saturated rings. The normalized spacial score (nSPS) is 21.8. The van der Waals surface area contributed by atoms with Gasteiger partial charge in [-0.05, 0) is 38.0 Å². The maximum Gasteiger partial charge on any atom is 0.395 e. The molecule has 1 aromatic heterocycles. The molecule has 14 nitrogen and oxygen atoms in total. The lowest BCUT2D eigenvalue weighted by Gasteiger charge is -2.24. The number of halogens is 1. The number of ether oxygens (including phenoxy) is 4. The second-order valence-corrected chi connectivity index (χ2v) is 11.3. The van der Waals surface area contributed by atoms with E-state index in [1.807, 2.05) is 35.3 Å². The summed E-state index contributed by atoms with van der Waals surface area (Å²) < 4.78 is 47.0. The molecule has 1 aliphatic rings. The molecule has 2 aromatic carbocycles. The molecule has 0 spiro atoms. The SMILES string of the molecule is C[C@H](N=[P+]([O-])Oc1ccccc1OC[C@H]1O[C@@H](n2ccc(=O)[nH]c2=O)[C@](C)(F)[C@@H]1O)C(=O)OCCCC(=O)OCc1ccccc1. The van der Waals surface area contributed by atoms with Crippen molar-refractivity contribution < 1.29 is 47.5 Å². The molecular weight excluding hydrogens is 628 g/mol. The number of aliphatic hydroxyl groups is 1. The van der Waals surface area contributed by atoms with Gasteiger partial charge in [-0.15, -0.1) is 0 Å². The van der Waals surface area contributed by atoms with E-state index in [1.165, 1.54) is 19.1 Å². The van der Waals surface area contributed by atoms with Crippen molar-refractivity contribution >= 4 is 20.1 Å². The molecule has 0 saturated carbocycles. The van der Waals surface area contributed by atoms with Gasteiger partial charge in [0, 0.05) is 18.7 Å². The lowest BCUT2D eigenvalue weighted by Crippen LogP contribution is -2.43. The van der Waals surface area contributed by atoms with Gasteiger partial charge in [-0.25, -0.2) is 14.0 Å². The van der Waals surface area contributed by atoms with E-state index < -0.39 is 68.1 Å². The van der Waals surface area contributed by atoms with Crippen LogP contribution in [0.25, 0.3) is 0 Å². The van der Waals surface area contributed by atoms with Crippen LogP contribution >= 0.6 is 8.17 Å². The third-order valence-electron chi connectivity index (χ3n) is 6.87. The third kappa shape index (κ3) is 9.07. The van der Waals surface area contributed by atoms with Crippen LogP contribution in [0, 0.1) is 0 Å². The first kappa shape index (κ1) is 34.4. The number of hydrogen-bond donors (Lipinski definition) is 2. The molecule has 2 N–H and O–H groups in total. The third-order valence-corrected chi connectivity index (χ3v) is 7.76. The Morgan fingerprint density at radius 3 is 2.54 bits per heavy atom. The molecule has 4 rings (SSSR count). The Kier molecular flexibility index (Phi) is 11.8. The number of carbonyl (C=O) groups is 2. The van der Waals surface area contributed by atoms with E-state index in [-0.39, 0.29) is 37.6 Å². The molecule has 46 heavy (non-hydrogen) atoms. The molecule has 1 saturated heterocycles. The molecule has 6 atom stereocenters. The van der Waals surface area contributed by atoms with Crippen molar-refractivity contribution in [1.29, 1.82) is 0 Å². The van der Waals surface area contributed by atoms with E-state index in [0.29, 0.717) is 0 Å². The van der Waals surface area contributed by atoms with Crippen LogP contribution in [0.3, 0.4) is 0 Å². The van der Waals surface area contributed by atoms with Crippen molar-refractivity contribution in [2.75, 3.05) is 13.2 Å². The largest absolute Gasteiger partial charge is 0.575 e. The summed E-state index contributed by atoms with van der Waals surface area (Å²) in [6.45, 7) is 2.10. The molecular formula is C30H33FN3O11P. The van der Waals surface area contributed by atoms with Crippen LogP contribution < -0.4 is 25.4 Å². The van der Waals surface area contributed by atoms with E-state index >= 15 is 4.39 Å². The lowest BCUT2D eigenvalue weighted by atomic mass is 9.98. The highest BCUT2D eigenvalue weighted by molar-refractivity contribution is 7.34. The second-order valence-electron chi connectivity index (χ2n) is 10.4. The highest BCUT2D eigenvalue weighted by atomic mass is 31.1. The maximum absolute atomic E-state index is 15.5. The van der Waals surface area contributed by atoms with Gasteiger partial charge in [0.05, 0.1) is 6.61 Å². The fourth-order valence-electron chi connectivity index (χ4n) is 4.40. The quantitative estimate of drug-likeness (QED) is 0.146. The number of benzene rings is 2. The number of aliphatic hydroxyl groups excluding tert-OH is 1. The van der Waals surface area contributed by atoms with Crippen molar-refractivity contribution in [3.05, 3.63) is 93.3 Å². The molecule has 2 heterocycles. The zero-order valence-electron chi connectivity index (χ0n) is 24.9. The number of alkyl halides is 1. The van der Waals surface area contributed by atoms with Gasteiger partial charge in [-0.3, -0.25) is 23.7 Å². The summed E-state index contributed by atoms with van der Waals surface area (Å²) in [7, 11) is -2.78. The van der Waals surface area contributed by atoms with E-state index in [9.17, 15) is 29.2 Å². The summed E-state index contributed by atoms with van der Waals surface area (Å²) in [5, 5.41) is 10.6. The molecule has 1 unspecified atom stereocenters. The molecule has 1 aliphatic heterocycles. The number of aromatic nitrogens is 2. The summed E-state index contributed by atoms with van der Waals surface area (Å²) in [5.41, 5.74) is -3.17. The van der Waals surface area contributed by atoms with E-state index in [1.54, 1.807) is 12.1 Å². The number of rotatable bonds is 14. The maximum atomic E-state index is 15.5. The lowest BCUT2D eigenvalue weighted by molar-refractivity contribution is -0.169. The number of nitrogens with zero attached hydrogens (tertiary/aromatic N) is 2. The Hall–Kier alpha value is -4.43. The van der Waals surface area contributed by atoms with Crippen LogP contribution in [0.2, 0.25) is 0 Å². The van der Waals surface area contributed by atoms with Crippen molar-refractivity contribution in [2.45, 2.75) is 63.4 Å². The Labute approximate surface area is 263 Å². The minimum Gasteiger partial charge on any atom is -0.575 e. The van der Waals surface area contributed by atoms with Crippen molar-refractivity contribution in [1.82, 2.24) is 9.55 Å². The molecule has 0 aliphatic carbocycles. The number of H-pyrrole nitrogens is 1. The first-order valence-electron chi connectivity index (χ1n) is 14.2. The Morgan fingerprint density at radius 1 is 1.13 bits per heavy atom. The Bertz CT molecular complexity index is 1650. The fraction of sp³-hybridized carbons (Fsp3) is 0.400. The summed E-state index contributed by atoms with van der Waals surface area (Å²) in [6.07, 6.45) is -3.20. The van der Waals surface area contributed by atoms with Crippen molar-refractivity contribution in [2.24, 2.45) is 4.74 Å². The molecule has 0 amide bonds. The second kappa shape index (κ2) is 15.7. The van der Waals surface area contributed by atoms with Crippen LogP contribution in [0.4, 0.5) is 4.39 Å². The summed E-state index contributed by atoms with van der Waals surface area (Å²) in [5.74, 6) is -1.18. The Morgan fingerprint density at radius 2 is 1.83 bits per heavy atom. The van der Waals surface area contributed by atoms with Crippen molar-refractivity contribution in [3.63, 3.8) is 0 Å². The predicted octanol–water partition coefficient (Wildman–Crippen LogP) is 2.29. The average Bonchev–Trinajstić information content (AvgIpc) is 3.25. The van der Waals surface area contributed by atoms with Gasteiger partial charge in [-0.2, -0.15) is 0 Å². The molecule has 3 aromatic rings. The van der Waals surface area contributed by atoms with Gasteiger partial charge >= 0.3 is 25.8 Å². The molecule has 246 valence electrons. The highest BCUT2D eigenvalue weighted by Gasteiger charge is 2.55. The highest BCUT2D eigenvalue weighted by Crippen LogP contribution is 2.41. The van der Waals surface area contributed by atoms with Gasteiger partial charge < -0.3 is 28.9 Å². The fourth-order valence-corrected chi connectivity index (χ4v) is 5.14. The zero-order chi connectivity index (χ0) is 33.3. The monoisotopic (exact) mass is 661 g/mol. The number of aromatic amines is 1. The summed E-state index contributed by atoms with van der Waals surface area (Å²) in [6, 6.07) is 15.1. The van der Waals surface area contributed by atoms with E-state index in [0.717, 1.165) is 29.3 Å².